The summed E-state index contributed by atoms with van der Waals surface area (Å²) in [6, 6.07) is 0. The standard InChI is InChI=1S/C43H73O9P/c1-3-5-7-9-11-13-15-17-19-21-22-24-26-28-30-32-34-40(44)36-37-42(45)50-38-41(39-51-53(47,48)49)52-43(46)35-33-31-29-27-25-23-20-18-16-14-12-10-8-6-4-2/h5,7,11,13,17,19,22,24,28,30,32,34,40-41,44H,3-4,6,8-10,12,14-16,18,20-21,23,25-27,29,31,33,35-39H2,1-2H3,(H2,47,48,49)/b7-5-,13-11-,19-17-,24-22-,30-28-,34-32-/t40?,41-/m1/s1. The van der Waals surface area contributed by atoms with Crippen molar-refractivity contribution in [3.8, 4) is 0 Å². The summed E-state index contributed by atoms with van der Waals surface area (Å²) in [6.07, 6.45) is 45.2. The molecule has 0 radical (unpaired) electrons. The molecule has 304 valence electrons. The van der Waals surface area contributed by atoms with Crippen molar-refractivity contribution in [2.75, 3.05) is 13.2 Å². The third-order valence-electron chi connectivity index (χ3n) is 8.36. The Morgan fingerprint density at radius 3 is 1.55 bits per heavy atom. The van der Waals surface area contributed by atoms with Gasteiger partial charge in [-0.25, -0.2) is 4.57 Å². The smallest absolute Gasteiger partial charge is 0.462 e. The number of unbranched alkanes of at least 4 members (excludes halogenated alkanes) is 14. The fourth-order valence-corrected chi connectivity index (χ4v) is 5.67. The van der Waals surface area contributed by atoms with Crippen molar-refractivity contribution in [1.82, 2.24) is 0 Å². The molecule has 0 aromatic rings. The Labute approximate surface area is 322 Å². The topological polar surface area (TPSA) is 140 Å². The molecule has 0 aromatic carbocycles. The van der Waals surface area contributed by atoms with Gasteiger partial charge in [0.1, 0.15) is 6.61 Å². The molecule has 0 aliphatic rings. The summed E-state index contributed by atoms with van der Waals surface area (Å²) in [5, 5.41) is 10.2. The second-order valence-corrected chi connectivity index (χ2v) is 14.7. The summed E-state index contributed by atoms with van der Waals surface area (Å²) in [6.45, 7) is 3.36. The van der Waals surface area contributed by atoms with Crippen LogP contribution in [0.15, 0.2) is 72.9 Å². The summed E-state index contributed by atoms with van der Waals surface area (Å²) in [5.74, 6) is -1.17. The van der Waals surface area contributed by atoms with Gasteiger partial charge in [-0.3, -0.25) is 14.1 Å². The summed E-state index contributed by atoms with van der Waals surface area (Å²) in [5.41, 5.74) is 0. The average molecular weight is 765 g/mol. The molecule has 10 heteroatoms. The van der Waals surface area contributed by atoms with Crippen LogP contribution in [0, 0.1) is 0 Å². The summed E-state index contributed by atoms with van der Waals surface area (Å²) in [4.78, 5) is 42.8. The van der Waals surface area contributed by atoms with Crippen LogP contribution in [0.2, 0.25) is 0 Å². The number of hydrogen-bond acceptors (Lipinski definition) is 7. The normalized spacial score (nSPS) is 13.8. The molecule has 0 aliphatic heterocycles. The molecule has 53 heavy (non-hydrogen) atoms. The summed E-state index contributed by atoms with van der Waals surface area (Å²) in [7, 11) is -4.81. The van der Waals surface area contributed by atoms with Crippen LogP contribution >= 0.6 is 7.82 Å². The largest absolute Gasteiger partial charge is 0.469 e. The van der Waals surface area contributed by atoms with Crippen molar-refractivity contribution in [3.05, 3.63) is 72.9 Å². The van der Waals surface area contributed by atoms with Gasteiger partial charge < -0.3 is 24.4 Å². The maximum atomic E-state index is 12.4. The number of carbonyl (C=O) groups excluding carboxylic acids is 2. The van der Waals surface area contributed by atoms with Gasteiger partial charge in [0.25, 0.3) is 0 Å². The Balaban J connectivity index is 4.18. The van der Waals surface area contributed by atoms with E-state index in [0.29, 0.717) is 6.42 Å². The number of ether oxygens (including phenoxy) is 2. The number of allylic oxidation sites excluding steroid dienone is 11. The van der Waals surface area contributed by atoms with Gasteiger partial charge in [-0.1, -0.05) is 177 Å². The van der Waals surface area contributed by atoms with E-state index in [1.54, 1.807) is 12.2 Å². The third-order valence-corrected chi connectivity index (χ3v) is 8.84. The molecule has 0 heterocycles. The van der Waals surface area contributed by atoms with Crippen molar-refractivity contribution < 1.29 is 43.0 Å². The lowest BCUT2D eigenvalue weighted by Crippen LogP contribution is -2.29. The van der Waals surface area contributed by atoms with Gasteiger partial charge in [0.05, 0.1) is 12.7 Å². The first kappa shape index (κ1) is 50.5. The van der Waals surface area contributed by atoms with Gasteiger partial charge in [0.15, 0.2) is 6.10 Å². The lowest BCUT2D eigenvalue weighted by atomic mass is 10.0. The molecule has 0 rings (SSSR count). The van der Waals surface area contributed by atoms with Crippen LogP contribution in [0.25, 0.3) is 0 Å². The van der Waals surface area contributed by atoms with E-state index in [1.165, 1.54) is 70.6 Å². The van der Waals surface area contributed by atoms with Crippen molar-refractivity contribution in [1.29, 1.82) is 0 Å². The van der Waals surface area contributed by atoms with E-state index in [1.807, 2.05) is 12.2 Å². The molecule has 9 nitrogen and oxygen atoms in total. The highest BCUT2D eigenvalue weighted by molar-refractivity contribution is 7.46. The van der Waals surface area contributed by atoms with E-state index in [9.17, 15) is 19.3 Å². The van der Waals surface area contributed by atoms with Crippen LogP contribution in [0.3, 0.4) is 0 Å². The molecule has 0 aromatic heterocycles. The second kappa shape index (κ2) is 37.8. The molecule has 3 N–H and O–H groups in total. The third kappa shape index (κ3) is 40.5. The number of phosphoric acid groups is 1. The maximum absolute atomic E-state index is 12.4. The van der Waals surface area contributed by atoms with E-state index < -0.39 is 45.2 Å². The number of aliphatic hydroxyl groups is 1. The minimum absolute atomic E-state index is 0.0870. The van der Waals surface area contributed by atoms with Gasteiger partial charge >= 0.3 is 19.8 Å². The van der Waals surface area contributed by atoms with Crippen LogP contribution in [0.1, 0.15) is 162 Å². The molecule has 0 saturated heterocycles. The molecular weight excluding hydrogens is 691 g/mol. The maximum Gasteiger partial charge on any atom is 0.469 e. The highest BCUT2D eigenvalue weighted by Gasteiger charge is 2.23. The molecule has 0 fully saturated rings. The van der Waals surface area contributed by atoms with Gasteiger partial charge in [-0.05, 0) is 44.9 Å². The number of phosphoric ester groups is 1. The molecule has 0 bridgehead atoms. The lowest BCUT2D eigenvalue weighted by molar-refractivity contribution is -0.161. The lowest BCUT2D eigenvalue weighted by Gasteiger charge is -2.18. The van der Waals surface area contributed by atoms with Crippen LogP contribution in [-0.2, 0) is 28.2 Å². The van der Waals surface area contributed by atoms with Gasteiger partial charge in [0, 0.05) is 12.8 Å². The molecule has 0 spiro atoms. The number of hydrogen-bond donors (Lipinski definition) is 3. The Bertz CT molecular complexity index is 1100. The SMILES string of the molecule is CC/C=C\C/C=C\C/C=C\C/C=C\C/C=C\C=C/C(O)CCC(=O)OC[C@H](COP(=O)(O)O)OC(=O)CCCCCCCCCCCCCCCCC. The molecule has 0 saturated carbocycles. The Morgan fingerprint density at radius 1 is 0.585 bits per heavy atom. The van der Waals surface area contributed by atoms with Gasteiger partial charge in [-0.2, -0.15) is 0 Å². The molecule has 0 amide bonds. The van der Waals surface area contributed by atoms with Gasteiger partial charge in [-0.15, -0.1) is 0 Å². The first-order chi connectivity index (χ1) is 25.7. The molecule has 1 unspecified atom stereocenters. The molecule has 2 atom stereocenters. The van der Waals surface area contributed by atoms with Crippen molar-refractivity contribution in [2.45, 2.75) is 174 Å². The fraction of sp³-hybridized carbons (Fsp3) is 0.674. The van der Waals surface area contributed by atoms with Crippen LogP contribution in [-0.4, -0.2) is 52.3 Å². The van der Waals surface area contributed by atoms with Crippen LogP contribution in [0.5, 0.6) is 0 Å². The average Bonchev–Trinajstić information content (AvgIpc) is 3.12. The monoisotopic (exact) mass is 764 g/mol. The van der Waals surface area contributed by atoms with Crippen LogP contribution in [0.4, 0.5) is 0 Å². The number of carbonyl (C=O) groups is 2. The van der Waals surface area contributed by atoms with Crippen LogP contribution < -0.4 is 0 Å². The zero-order valence-electron chi connectivity index (χ0n) is 33.0. The quantitative estimate of drug-likeness (QED) is 0.0187. The van der Waals surface area contributed by atoms with Gasteiger partial charge in [0.2, 0.25) is 0 Å². The Kier molecular flexibility index (Phi) is 35.9. The summed E-state index contributed by atoms with van der Waals surface area (Å²) >= 11 is 0. The first-order valence-electron chi connectivity index (χ1n) is 20.3. The minimum atomic E-state index is -4.81. The zero-order chi connectivity index (χ0) is 39.1. The highest BCUT2D eigenvalue weighted by atomic mass is 31.2. The van der Waals surface area contributed by atoms with E-state index in [-0.39, 0.29) is 19.3 Å². The Morgan fingerprint density at radius 2 is 1.06 bits per heavy atom. The first-order valence-corrected chi connectivity index (χ1v) is 21.9. The van der Waals surface area contributed by atoms with Crippen molar-refractivity contribution >= 4 is 19.8 Å². The second-order valence-electron chi connectivity index (χ2n) is 13.4. The minimum Gasteiger partial charge on any atom is -0.462 e. The highest BCUT2D eigenvalue weighted by Crippen LogP contribution is 2.36. The van der Waals surface area contributed by atoms with Crippen molar-refractivity contribution in [2.24, 2.45) is 0 Å². The predicted octanol–water partition coefficient (Wildman–Crippen LogP) is 11.3. The van der Waals surface area contributed by atoms with Crippen molar-refractivity contribution in [3.63, 3.8) is 0 Å². The Hall–Kier alpha value is -2.55. The molecule has 0 aliphatic carbocycles. The number of aliphatic hydroxyl groups excluding tert-OH is 1. The summed E-state index contributed by atoms with van der Waals surface area (Å²) < 4.78 is 26.2. The number of esters is 2. The number of rotatable bonds is 36. The van der Waals surface area contributed by atoms with E-state index in [0.717, 1.165) is 51.4 Å². The predicted molar refractivity (Wildman–Crippen MR) is 217 cm³/mol. The fourth-order valence-electron chi connectivity index (χ4n) is 5.31. The van der Waals surface area contributed by atoms with E-state index >= 15 is 0 Å². The van der Waals surface area contributed by atoms with E-state index in [2.05, 4.69) is 67.0 Å². The molecular formula is C43H73O9P. The van der Waals surface area contributed by atoms with E-state index in [4.69, 9.17) is 19.3 Å². The zero-order valence-corrected chi connectivity index (χ0v) is 33.9.